The molecule has 2 fully saturated rings. The Labute approximate surface area is 114 Å². The van der Waals surface area contributed by atoms with Crippen molar-refractivity contribution in [2.75, 3.05) is 13.1 Å². The van der Waals surface area contributed by atoms with E-state index < -0.39 is 0 Å². The highest BCUT2D eigenvalue weighted by molar-refractivity contribution is 5.92. The maximum atomic E-state index is 12.4. The summed E-state index contributed by atoms with van der Waals surface area (Å²) in [5, 5.41) is 6.65. The average Bonchev–Trinajstić information content (AvgIpc) is 2.95. The summed E-state index contributed by atoms with van der Waals surface area (Å²) in [6.07, 6.45) is 5.23. The molecule has 2 bridgehead atoms. The lowest BCUT2D eigenvalue weighted by molar-refractivity contribution is 0.0722. The third-order valence-electron chi connectivity index (χ3n) is 4.45. The smallest absolute Gasteiger partial charge is 0.271 e. The van der Waals surface area contributed by atoms with Crippen molar-refractivity contribution in [3.63, 3.8) is 0 Å². The number of H-pyrrole nitrogens is 1. The van der Waals surface area contributed by atoms with Gasteiger partial charge in [0.05, 0.1) is 0 Å². The van der Waals surface area contributed by atoms with E-state index in [-0.39, 0.29) is 5.91 Å². The molecule has 2 saturated heterocycles. The molecule has 0 radical (unpaired) electrons. The van der Waals surface area contributed by atoms with Crippen LogP contribution < -0.4 is 0 Å². The number of nitrogens with one attached hydrogen (secondary N) is 1. The van der Waals surface area contributed by atoms with Gasteiger partial charge < -0.3 is 4.90 Å². The molecule has 0 spiro atoms. The molecule has 0 saturated carbocycles. The number of amides is 1. The van der Waals surface area contributed by atoms with Crippen LogP contribution in [0.25, 0.3) is 0 Å². The van der Waals surface area contributed by atoms with Crippen LogP contribution >= 0.6 is 0 Å². The molecule has 2 atom stereocenters. The molecular weight excluding hydrogens is 240 g/mol. The van der Waals surface area contributed by atoms with E-state index in [1.54, 1.807) is 12.3 Å². The number of aromatic nitrogens is 2. The van der Waals surface area contributed by atoms with Crippen molar-refractivity contribution < 1.29 is 4.79 Å². The Morgan fingerprint density at radius 1 is 1.37 bits per heavy atom. The molecule has 2 aliphatic heterocycles. The van der Waals surface area contributed by atoms with Gasteiger partial charge in [0.2, 0.25) is 0 Å². The van der Waals surface area contributed by atoms with Crippen molar-refractivity contribution in [3.05, 3.63) is 18.0 Å². The summed E-state index contributed by atoms with van der Waals surface area (Å²) in [5.41, 5.74) is 0.605. The average molecular weight is 262 g/mol. The number of hydrogen-bond donors (Lipinski definition) is 1. The van der Waals surface area contributed by atoms with Crippen molar-refractivity contribution >= 4 is 5.91 Å². The van der Waals surface area contributed by atoms with Gasteiger partial charge in [0.1, 0.15) is 5.69 Å². The maximum Gasteiger partial charge on any atom is 0.271 e. The second-order valence-corrected chi connectivity index (χ2v) is 5.94. The van der Waals surface area contributed by atoms with Crippen LogP contribution in [0.2, 0.25) is 0 Å². The van der Waals surface area contributed by atoms with Gasteiger partial charge in [-0.3, -0.25) is 14.8 Å². The molecule has 1 amide bonds. The number of likely N-dealkylation sites (tertiary alicyclic amines) is 1. The Morgan fingerprint density at radius 2 is 2.16 bits per heavy atom. The Bertz CT molecular complexity index is 442. The van der Waals surface area contributed by atoms with E-state index in [9.17, 15) is 4.79 Å². The van der Waals surface area contributed by atoms with Gasteiger partial charge in [-0.1, -0.05) is 0 Å². The zero-order chi connectivity index (χ0) is 13.4. The second-order valence-electron chi connectivity index (χ2n) is 5.94. The van der Waals surface area contributed by atoms with Crippen molar-refractivity contribution in [3.8, 4) is 0 Å². The molecule has 0 aliphatic carbocycles. The van der Waals surface area contributed by atoms with Gasteiger partial charge in [0.25, 0.3) is 5.91 Å². The third-order valence-corrected chi connectivity index (χ3v) is 4.45. The van der Waals surface area contributed by atoms with Crippen molar-refractivity contribution in [2.45, 2.75) is 51.2 Å². The van der Waals surface area contributed by atoms with Crippen LogP contribution in [-0.2, 0) is 0 Å². The van der Waals surface area contributed by atoms with Gasteiger partial charge in [-0.05, 0) is 39.2 Å². The highest BCUT2D eigenvalue weighted by Gasteiger charge is 2.39. The summed E-state index contributed by atoms with van der Waals surface area (Å²) in [6, 6.07) is 3.51. The van der Waals surface area contributed by atoms with Crippen LogP contribution in [0.1, 0.15) is 43.6 Å². The van der Waals surface area contributed by atoms with Gasteiger partial charge in [-0.25, -0.2) is 0 Å². The molecule has 5 nitrogen and oxygen atoms in total. The molecular formula is C14H22N4O. The molecule has 3 heterocycles. The van der Waals surface area contributed by atoms with E-state index in [2.05, 4.69) is 28.9 Å². The predicted molar refractivity (Wildman–Crippen MR) is 72.9 cm³/mol. The zero-order valence-electron chi connectivity index (χ0n) is 11.7. The highest BCUT2D eigenvalue weighted by atomic mass is 16.2. The Morgan fingerprint density at radius 3 is 2.84 bits per heavy atom. The van der Waals surface area contributed by atoms with Gasteiger partial charge >= 0.3 is 0 Å². The lowest BCUT2D eigenvalue weighted by Gasteiger charge is -2.32. The topological polar surface area (TPSA) is 52.2 Å². The first-order valence-electron chi connectivity index (χ1n) is 7.23. The molecule has 2 aliphatic rings. The lowest BCUT2D eigenvalue weighted by atomic mass is 10.1. The normalized spacial score (nSPS) is 27.8. The van der Waals surface area contributed by atoms with Gasteiger partial charge in [-0.15, -0.1) is 0 Å². The van der Waals surface area contributed by atoms with Crippen LogP contribution in [0.5, 0.6) is 0 Å². The summed E-state index contributed by atoms with van der Waals surface area (Å²) in [5.74, 6) is 0.0914. The minimum atomic E-state index is 0.0914. The van der Waals surface area contributed by atoms with Crippen LogP contribution in [0, 0.1) is 0 Å². The molecule has 2 unspecified atom stereocenters. The summed E-state index contributed by atoms with van der Waals surface area (Å²) >= 11 is 0. The fourth-order valence-corrected chi connectivity index (χ4v) is 3.68. The number of aromatic amines is 1. The summed E-state index contributed by atoms with van der Waals surface area (Å²) in [4.78, 5) is 17.0. The quantitative estimate of drug-likeness (QED) is 0.878. The Kier molecular flexibility index (Phi) is 3.31. The van der Waals surface area contributed by atoms with Gasteiger partial charge in [0.15, 0.2) is 0 Å². The van der Waals surface area contributed by atoms with E-state index in [0.717, 1.165) is 19.5 Å². The fourth-order valence-electron chi connectivity index (χ4n) is 3.68. The van der Waals surface area contributed by atoms with Crippen molar-refractivity contribution in [1.82, 2.24) is 20.0 Å². The van der Waals surface area contributed by atoms with Crippen LogP contribution in [0.15, 0.2) is 12.3 Å². The molecule has 1 aromatic heterocycles. The molecule has 1 N–H and O–H groups in total. The van der Waals surface area contributed by atoms with Gasteiger partial charge in [0, 0.05) is 37.4 Å². The minimum absolute atomic E-state index is 0.0914. The first-order chi connectivity index (χ1) is 9.16. The molecule has 1 aromatic rings. The molecule has 5 heteroatoms. The molecule has 0 aromatic carbocycles. The first kappa shape index (κ1) is 12.7. The fraction of sp³-hybridized carbons (Fsp3) is 0.714. The standard InChI is InChI=1S/C14H22N4O/c1-10(2)18-11-3-4-12(18)9-17(8-6-11)14(19)13-5-7-15-16-13/h5,7,10-12H,3-4,6,8-9H2,1-2H3,(H,15,16). The molecule has 19 heavy (non-hydrogen) atoms. The number of fused-ring (bicyclic) bond motifs is 2. The van der Waals surface area contributed by atoms with Gasteiger partial charge in [-0.2, -0.15) is 5.10 Å². The number of rotatable bonds is 2. The number of carbonyl (C=O) groups is 1. The molecule has 104 valence electrons. The summed E-state index contributed by atoms with van der Waals surface area (Å²) in [7, 11) is 0. The predicted octanol–water partition coefficient (Wildman–Crippen LogP) is 1.50. The second kappa shape index (κ2) is 4.96. The Balaban J connectivity index is 1.75. The highest BCUT2D eigenvalue weighted by Crippen LogP contribution is 2.32. The monoisotopic (exact) mass is 262 g/mol. The number of carbonyl (C=O) groups excluding carboxylic acids is 1. The first-order valence-corrected chi connectivity index (χ1v) is 7.23. The van der Waals surface area contributed by atoms with E-state index in [4.69, 9.17) is 0 Å². The van der Waals surface area contributed by atoms with Crippen molar-refractivity contribution in [1.29, 1.82) is 0 Å². The maximum absolute atomic E-state index is 12.4. The molecule has 3 rings (SSSR count). The number of nitrogens with zero attached hydrogens (tertiary/aromatic N) is 3. The third kappa shape index (κ3) is 2.27. The van der Waals surface area contributed by atoms with E-state index in [1.165, 1.54) is 12.8 Å². The largest absolute Gasteiger partial charge is 0.336 e. The van der Waals surface area contributed by atoms with Crippen LogP contribution in [0.3, 0.4) is 0 Å². The van der Waals surface area contributed by atoms with Crippen LogP contribution in [-0.4, -0.2) is 57.1 Å². The Hall–Kier alpha value is -1.36. The minimum Gasteiger partial charge on any atom is -0.336 e. The number of hydrogen-bond acceptors (Lipinski definition) is 3. The van der Waals surface area contributed by atoms with Crippen LogP contribution in [0.4, 0.5) is 0 Å². The summed E-state index contributed by atoms with van der Waals surface area (Å²) < 4.78 is 0. The van der Waals surface area contributed by atoms with E-state index in [0.29, 0.717) is 23.8 Å². The van der Waals surface area contributed by atoms with E-state index in [1.807, 2.05) is 4.90 Å². The van der Waals surface area contributed by atoms with Crippen molar-refractivity contribution in [2.24, 2.45) is 0 Å². The SMILES string of the molecule is CC(C)N1C2CCC1CN(C(=O)c1ccn[nH]1)CC2. The van der Waals surface area contributed by atoms with E-state index >= 15 is 0 Å². The zero-order valence-corrected chi connectivity index (χ0v) is 11.7. The summed E-state index contributed by atoms with van der Waals surface area (Å²) in [6.45, 7) is 6.24. The lowest BCUT2D eigenvalue weighted by Crippen LogP contribution is -2.44.